The number of aromatic nitrogens is 5. The number of aromatic hydroxyl groups is 2. The van der Waals surface area contributed by atoms with E-state index in [1.54, 1.807) is 12.1 Å². The number of benzene rings is 2. The molecule has 10 nitrogen and oxygen atoms in total. The van der Waals surface area contributed by atoms with Gasteiger partial charge in [0.15, 0.2) is 17.3 Å². The predicted molar refractivity (Wildman–Crippen MR) is 104 cm³/mol. The number of nitrogens with two attached hydrogens (primary N) is 1. The van der Waals surface area contributed by atoms with Gasteiger partial charge in [0.05, 0.1) is 0 Å². The van der Waals surface area contributed by atoms with Gasteiger partial charge in [-0.25, -0.2) is 9.97 Å². The molecule has 6 N–H and O–H groups in total. The number of hydrogen-bond donors (Lipinski definition) is 5. The molecule has 0 saturated heterocycles. The van der Waals surface area contributed by atoms with Gasteiger partial charge >= 0.3 is 0 Å². The lowest BCUT2D eigenvalue weighted by atomic mass is 10.3. The highest BCUT2D eigenvalue weighted by Crippen LogP contribution is 2.28. The molecule has 2 aromatic carbocycles. The van der Waals surface area contributed by atoms with Crippen LogP contribution in [-0.2, 0) is 0 Å². The van der Waals surface area contributed by atoms with Crippen molar-refractivity contribution in [3.05, 3.63) is 60.9 Å². The summed E-state index contributed by atoms with van der Waals surface area (Å²) in [5.41, 5.74) is 7.33. The van der Waals surface area contributed by atoms with Crippen LogP contribution in [0, 0.1) is 0 Å². The van der Waals surface area contributed by atoms with E-state index in [-0.39, 0.29) is 23.4 Å². The summed E-state index contributed by atoms with van der Waals surface area (Å²) in [5.74, 6) is 0.852. The first kappa shape index (κ1) is 17.1. The SMILES string of the molecule is Nc1nc(Nc2ccc(O)c(O)c2)nn1-c1cc(Nc2ccccc2)ncn1. The van der Waals surface area contributed by atoms with Crippen molar-refractivity contribution in [3.63, 3.8) is 0 Å². The molecular weight excluding hydrogens is 360 g/mol. The van der Waals surface area contributed by atoms with Crippen LogP contribution in [0.5, 0.6) is 11.5 Å². The van der Waals surface area contributed by atoms with Gasteiger partial charge in [0.1, 0.15) is 12.1 Å². The second kappa shape index (κ2) is 7.11. The van der Waals surface area contributed by atoms with Gasteiger partial charge in [-0.3, -0.25) is 0 Å². The fourth-order valence-corrected chi connectivity index (χ4v) is 2.48. The van der Waals surface area contributed by atoms with Crippen LogP contribution in [0.2, 0.25) is 0 Å². The highest BCUT2D eigenvalue weighted by Gasteiger charge is 2.12. The molecule has 0 atom stereocenters. The van der Waals surface area contributed by atoms with E-state index in [4.69, 9.17) is 5.73 Å². The largest absolute Gasteiger partial charge is 0.504 e. The number of nitrogens with one attached hydrogen (secondary N) is 2. The first-order valence-corrected chi connectivity index (χ1v) is 8.24. The van der Waals surface area contributed by atoms with Gasteiger partial charge in [0.2, 0.25) is 11.9 Å². The Labute approximate surface area is 159 Å². The zero-order valence-electron chi connectivity index (χ0n) is 14.5. The monoisotopic (exact) mass is 376 g/mol. The van der Waals surface area contributed by atoms with Crippen molar-refractivity contribution in [1.82, 2.24) is 24.7 Å². The fourth-order valence-electron chi connectivity index (χ4n) is 2.48. The summed E-state index contributed by atoms with van der Waals surface area (Å²) < 4.78 is 1.36. The molecule has 2 aromatic heterocycles. The second-order valence-corrected chi connectivity index (χ2v) is 5.79. The molecule has 0 unspecified atom stereocenters. The Morgan fingerprint density at radius 3 is 2.46 bits per heavy atom. The maximum Gasteiger partial charge on any atom is 0.248 e. The third-order valence-electron chi connectivity index (χ3n) is 3.78. The van der Waals surface area contributed by atoms with Crippen molar-refractivity contribution in [2.45, 2.75) is 0 Å². The first-order valence-electron chi connectivity index (χ1n) is 8.24. The lowest BCUT2D eigenvalue weighted by molar-refractivity contribution is 0.404. The Bertz CT molecular complexity index is 1110. The second-order valence-electron chi connectivity index (χ2n) is 5.79. The Morgan fingerprint density at radius 1 is 0.857 bits per heavy atom. The summed E-state index contributed by atoms with van der Waals surface area (Å²) in [4.78, 5) is 12.5. The van der Waals surface area contributed by atoms with Crippen molar-refractivity contribution in [2.75, 3.05) is 16.4 Å². The van der Waals surface area contributed by atoms with E-state index in [0.717, 1.165) is 5.69 Å². The number of phenolic OH excluding ortho intramolecular Hbond substituents is 2. The van der Waals surface area contributed by atoms with Crippen LogP contribution < -0.4 is 16.4 Å². The average Bonchev–Trinajstić information content (AvgIpc) is 3.06. The van der Waals surface area contributed by atoms with Gasteiger partial charge in [-0.05, 0) is 24.3 Å². The van der Waals surface area contributed by atoms with Gasteiger partial charge in [0.25, 0.3) is 0 Å². The molecule has 0 spiro atoms. The van der Waals surface area contributed by atoms with Crippen molar-refractivity contribution in [1.29, 1.82) is 0 Å². The quantitative estimate of drug-likeness (QED) is 0.262. The Morgan fingerprint density at radius 2 is 1.68 bits per heavy atom. The van der Waals surface area contributed by atoms with Crippen LogP contribution >= 0.6 is 0 Å². The van der Waals surface area contributed by atoms with Crippen LogP contribution in [0.1, 0.15) is 0 Å². The molecular formula is C18H16N8O2. The lowest BCUT2D eigenvalue weighted by Crippen LogP contribution is -2.06. The Hall–Kier alpha value is -4.34. The normalized spacial score (nSPS) is 10.6. The summed E-state index contributed by atoms with van der Waals surface area (Å²) in [5, 5.41) is 29.3. The van der Waals surface area contributed by atoms with Crippen molar-refractivity contribution < 1.29 is 10.2 Å². The van der Waals surface area contributed by atoms with Gasteiger partial charge in [-0.2, -0.15) is 9.67 Å². The van der Waals surface area contributed by atoms with Crippen LogP contribution in [0.4, 0.5) is 29.1 Å². The lowest BCUT2D eigenvalue weighted by Gasteiger charge is -2.07. The van der Waals surface area contributed by atoms with Gasteiger partial charge in [-0.1, -0.05) is 18.2 Å². The molecule has 0 fully saturated rings. The zero-order valence-corrected chi connectivity index (χ0v) is 14.5. The average molecular weight is 376 g/mol. The van der Waals surface area contributed by atoms with E-state index in [9.17, 15) is 10.2 Å². The number of anilines is 5. The van der Waals surface area contributed by atoms with E-state index in [2.05, 4.69) is 30.7 Å². The maximum atomic E-state index is 9.58. The highest BCUT2D eigenvalue weighted by molar-refractivity contribution is 5.60. The van der Waals surface area contributed by atoms with Gasteiger partial charge in [0, 0.05) is 23.5 Å². The molecule has 0 aliphatic carbocycles. The Balaban J connectivity index is 1.58. The number of hydrogen-bond acceptors (Lipinski definition) is 9. The molecule has 140 valence electrons. The van der Waals surface area contributed by atoms with Crippen LogP contribution in [-0.4, -0.2) is 34.9 Å². The van der Waals surface area contributed by atoms with Crippen molar-refractivity contribution >= 4 is 29.1 Å². The maximum absolute atomic E-state index is 9.58. The molecule has 4 rings (SSSR count). The minimum Gasteiger partial charge on any atom is -0.504 e. The van der Waals surface area contributed by atoms with E-state index in [1.165, 1.54) is 23.1 Å². The first-order chi connectivity index (χ1) is 13.6. The van der Waals surface area contributed by atoms with Gasteiger partial charge < -0.3 is 26.6 Å². The molecule has 4 aromatic rings. The molecule has 0 radical (unpaired) electrons. The molecule has 0 amide bonds. The number of para-hydroxylation sites is 1. The third-order valence-corrected chi connectivity index (χ3v) is 3.78. The standard InChI is InChI=1S/C18H16N8O2/c19-17-24-18(23-12-6-7-13(27)14(28)8-12)25-26(17)16-9-15(20-10-21-16)22-11-4-2-1-3-5-11/h1-10,27-28H,(H,20,21,22)(H3,19,23,24,25). The number of phenols is 2. The summed E-state index contributed by atoms with van der Waals surface area (Å²) in [7, 11) is 0. The predicted octanol–water partition coefficient (Wildman–Crippen LogP) is 2.54. The molecule has 2 heterocycles. The van der Waals surface area contributed by atoms with Crippen molar-refractivity contribution in [2.24, 2.45) is 0 Å². The number of nitrogens with zero attached hydrogens (tertiary/aromatic N) is 5. The molecule has 0 aliphatic heterocycles. The summed E-state index contributed by atoms with van der Waals surface area (Å²) >= 11 is 0. The minimum atomic E-state index is -0.259. The van der Waals surface area contributed by atoms with E-state index in [1.807, 2.05) is 30.3 Å². The zero-order chi connectivity index (χ0) is 19.5. The molecule has 10 heteroatoms. The molecule has 28 heavy (non-hydrogen) atoms. The molecule has 0 aliphatic rings. The summed E-state index contributed by atoms with van der Waals surface area (Å²) in [6, 6.07) is 15.5. The van der Waals surface area contributed by atoms with E-state index in [0.29, 0.717) is 17.3 Å². The number of rotatable bonds is 5. The van der Waals surface area contributed by atoms with Crippen LogP contribution in [0.3, 0.4) is 0 Å². The molecule has 0 saturated carbocycles. The summed E-state index contributed by atoms with van der Waals surface area (Å²) in [6.45, 7) is 0. The van der Waals surface area contributed by atoms with Crippen LogP contribution in [0.25, 0.3) is 5.82 Å². The van der Waals surface area contributed by atoms with E-state index >= 15 is 0 Å². The third kappa shape index (κ3) is 3.60. The minimum absolute atomic E-state index is 0.120. The highest BCUT2D eigenvalue weighted by atomic mass is 16.3. The topological polar surface area (TPSA) is 147 Å². The number of nitrogen functional groups attached to an aromatic ring is 1. The fraction of sp³-hybridized carbons (Fsp3) is 0. The van der Waals surface area contributed by atoms with E-state index < -0.39 is 0 Å². The van der Waals surface area contributed by atoms with Crippen molar-refractivity contribution in [3.8, 4) is 17.3 Å². The Kier molecular flexibility index (Phi) is 4.34. The van der Waals surface area contributed by atoms with Gasteiger partial charge in [-0.15, -0.1) is 5.10 Å². The smallest absolute Gasteiger partial charge is 0.248 e. The summed E-state index contributed by atoms with van der Waals surface area (Å²) in [6.07, 6.45) is 1.40. The van der Waals surface area contributed by atoms with Crippen LogP contribution in [0.15, 0.2) is 60.9 Å². The molecule has 0 bridgehead atoms.